The lowest BCUT2D eigenvalue weighted by Crippen LogP contribution is -2.34. The maximum atomic E-state index is 9.34. The summed E-state index contributed by atoms with van der Waals surface area (Å²) < 4.78 is 6.09. The summed E-state index contributed by atoms with van der Waals surface area (Å²) in [5.41, 5.74) is 1.13. The first-order valence-electron chi connectivity index (χ1n) is 4.57. The molecule has 0 aliphatic carbocycles. The molecule has 0 aromatic heterocycles. The van der Waals surface area contributed by atoms with Crippen molar-refractivity contribution in [3.05, 3.63) is 28.2 Å². The second kappa shape index (κ2) is 4.29. The largest absolute Gasteiger partial charge is 0.507 e. The quantitative estimate of drug-likeness (QED) is 0.807. The van der Waals surface area contributed by atoms with Crippen LogP contribution in [0.1, 0.15) is 11.6 Å². The van der Waals surface area contributed by atoms with Crippen LogP contribution in [0.2, 0.25) is 0 Å². The highest BCUT2D eigenvalue weighted by atomic mass is 79.9. The van der Waals surface area contributed by atoms with Crippen LogP contribution in [-0.2, 0) is 4.74 Å². The summed E-state index contributed by atoms with van der Waals surface area (Å²) in [7, 11) is 0. The summed E-state index contributed by atoms with van der Waals surface area (Å²) in [6.45, 7) is 2.34. The number of halogens is 1. The Labute approximate surface area is 91.2 Å². The lowest BCUT2D eigenvalue weighted by molar-refractivity contribution is 0.0768. The summed E-state index contributed by atoms with van der Waals surface area (Å²) in [6.07, 6.45) is 0. The van der Waals surface area contributed by atoms with Crippen molar-refractivity contribution in [2.45, 2.75) is 6.04 Å². The molecule has 14 heavy (non-hydrogen) atoms. The van der Waals surface area contributed by atoms with Gasteiger partial charge in [-0.3, -0.25) is 0 Å². The summed E-state index contributed by atoms with van der Waals surface area (Å²) in [5.74, 6) is 0.269. The van der Waals surface area contributed by atoms with Gasteiger partial charge in [0.2, 0.25) is 0 Å². The van der Waals surface area contributed by atoms with Crippen molar-refractivity contribution in [3.63, 3.8) is 0 Å². The second-order valence-corrected chi connectivity index (χ2v) is 4.15. The van der Waals surface area contributed by atoms with Crippen molar-refractivity contribution in [1.82, 2.24) is 5.32 Å². The Morgan fingerprint density at radius 2 is 2.36 bits per heavy atom. The molecule has 1 atom stereocenters. The van der Waals surface area contributed by atoms with E-state index in [4.69, 9.17) is 4.74 Å². The van der Waals surface area contributed by atoms with Crippen LogP contribution in [0.3, 0.4) is 0 Å². The number of hydrogen-bond donors (Lipinski definition) is 2. The standard InChI is InChI=1S/C10H12BrNO2/c11-8-5-7(1-2-10(8)13)9-6-14-4-3-12-9/h1-2,5,9,12-13H,3-4,6H2/t9-/m0/s1. The van der Waals surface area contributed by atoms with Crippen LogP contribution < -0.4 is 5.32 Å². The minimum atomic E-state index is 0.237. The Morgan fingerprint density at radius 1 is 1.50 bits per heavy atom. The zero-order valence-corrected chi connectivity index (χ0v) is 9.25. The predicted octanol–water partition coefficient (Wildman–Crippen LogP) is 1.82. The summed E-state index contributed by atoms with van der Waals surface area (Å²) in [5, 5.41) is 12.7. The molecule has 1 fully saturated rings. The van der Waals surface area contributed by atoms with Gasteiger partial charge in [-0.15, -0.1) is 0 Å². The Hall–Kier alpha value is -0.580. The van der Waals surface area contributed by atoms with Crippen molar-refractivity contribution in [1.29, 1.82) is 0 Å². The first-order valence-corrected chi connectivity index (χ1v) is 5.36. The molecule has 1 aromatic rings. The van der Waals surface area contributed by atoms with Crippen molar-refractivity contribution < 1.29 is 9.84 Å². The molecule has 1 aliphatic heterocycles. The molecule has 0 radical (unpaired) electrons. The highest BCUT2D eigenvalue weighted by Gasteiger charge is 2.15. The molecule has 0 amide bonds. The van der Waals surface area contributed by atoms with E-state index >= 15 is 0 Å². The number of phenols is 1. The first kappa shape index (κ1) is 9.96. The number of phenolic OH excluding ortho intramolecular Hbond substituents is 1. The van der Waals surface area contributed by atoms with E-state index in [-0.39, 0.29) is 11.8 Å². The molecule has 0 bridgehead atoms. The molecule has 76 valence electrons. The zero-order valence-electron chi connectivity index (χ0n) is 7.66. The fourth-order valence-electron chi connectivity index (χ4n) is 1.52. The minimum Gasteiger partial charge on any atom is -0.507 e. The minimum absolute atomic E-state index is 0.237. The van der Waals surface area contributed by atoms with E-state index in [0.717, 1.165) is 23.2 Å². The number of benzene rings is 1. The number of morpholine rings is 1. The lowest BCUT2D eigenvalue weighted by atomic mass is 10.1. The molecule has 0 saturated carbocycles. The van der Waals surface area contributed by atoms with Gasteiger partial charge in [-0.05, 0) is 33.6 Å². The van der Waals surface area contributed by atoms with Crippen molar-refractivity contribution in [2.24, 2.45) is 0 Å². The molecular weight excluding hydrogens is 246 g/mol. The van der Waals surface area contributed by atoms with Crippen molar-refractivity contribution in [3.8, 4) is 5.75 Å². The fraction of sp³-hybridized carbons (Fsp3) is 0.400. The van der Waals surface area contributed by atoms with Gasteiger partial charge in [-0.1, -0.05) is 6.07 Å². The van der Waals surface area contributed by atoms with E-state index in [1.165, 1.54) is 0 Å². The normalized spacial score (nSPS) is 22.2. The summed E-state index contributed by atoms with van der Waals surface area (Å²) in [4.78, 5) is 0. The third kappa shape index (κ3) is 2.08. The predicted molar refractivity (Wildman–Crippen MR) is 57.4 cm³/mol. The molecule has 1 saturated heterocycles. The molecule has 1 heterocycles. The Balaban J connectivity index is 2.18. The molecule has 1 aliphatic rings. The number of aromatic hydroxyl groups is 1. The SMILES string of the molecule is Oc1ccc([C@@H]2COCCN2)cc1Br. The van der Waals surface area contributed by atoms with Gasteiger partial charge in [0.1, 0.15) is 5.75 Å². The van der Waals surface area contributed by atoms with Crippen LogP contribution in [0.4, 0.5) is 0 Å². The molecule has 0 spiro atoms. The van der Waals surface area contributed by atoms with Gasteiger partial charge in [0.25, 0.3) is 0 Å². The third-order valence-electron chi connectivity index (χ3n) is 2.30. The van der Waals surface area contributed by atoms with Crippen LogP contribution >= 0.6 is 15.9 Å². The fourth-order valence-corrected chi connectivity index (χ4v) is 1.92. The monoisotopic (exact) mass is 257 g/mol. The number of nitrogens with one attached hydrogen (secondary N) is 1. The Kier molecular flexibility index (Phi) is 3.05. The highest BCUT2D eigenvalue weighted by molar-refractivity contribution is 9.10. The topological polar surface area (TPSA) is 41.5 Å². The van der Waals surface area contributed by atoms with Gasteiger partial charge < -0.3 is 15.2 Å². The average molecular weight is 258 g/mol. The maximum Gasteiger partial charge on any atom is 0.129 e. The van der Waals surface area contributed by atoms with Crippen LogP contribution in [0.5, 0.6) is 5.75 Å². The molecule has 2 rings (SSSR count). The van der Waals surface area contributed by atoms with Gasteiger partial charge in [-0.2, -0.15) is 0 Å². The van der Waals surface area contributed by atoms with Gasteiger partial charge in [0.15, 0.2) is 0 Å². The zero-order chi connectivity index (χ0) is 9.97. The van der Waals surface area contributed by atoms with Gasteiger partial charge in [-0.25, -0.2) is 0 Å². The van der Waals surface area contributed by atoms with Gasteiger partial charge in [0.05, 0.1) is 23.7 Å². The second-order valence-electron chi connectivity index (χ2n) is 3.29. The molecule has 4 heteroatoms. The van der Waals surface area contributed by atoms with Crippen LogP contribution in [0, 0.1) is 0 Å². The molecule has 0 unspecified atom stereocenters. The Morgan fingerprint density at radius 3 is 3.00 bits per heavy atom. The molecule has 2 N–H and O–H groups in total. The van der Waals surface area contributed by atoms with E-state index in [2.05, 4.69) is 21.2 Å². The molecule has 1 aromatic carbocycles. The smallest absolute Gasteiger partial charge is 0.129 e. The van der Waals surface area contributed by atoms with Crippen LogP contribution in [0.25, 0.3) is 0 Å². The van der Waals surface area contributed by atoms with E-state index < -0.39 is 0 Å². The van der Waals surface area contributed by atoms with E-state index in [1.807, 2.05) is 12.1 Å². The number of hydrogen-bond acceptors (Lipinski definition) is 3. The summed E-state index contributed by atoms with van der Waals surface area (Å²) >= 11 is 3.29. The van der Waals surface area contributed by atoms with Gasteiger partial charge >= 0.3 is 0 Å². The maximum absolute atomic E-state index is 9.34. The average Bonchev–Trinajstić information content (AvgIpc) is 2.23. The van der Waals surface area contributed by atoms with E-state index in [1.54, 1.807) is 6.07 Å². The third-order valence-corrected chi connectivity index (χ3v) is 2.93. The van der Waals surface area contributed by atoms with Gasteiger partial charge in [0, 0.05) is 6.54 Å². The molecular formula is C10H12BrNO2. The Bertz CT molecular complexity index is 324. The lowest BCUT2D eigenvalue weighted by Gasteiger charge is -2.24. The molecule has 3 nitrogen and oxygen atoms in total. The van der Waals surface area contributed by atoms with E-state index in [9.17, 15) is 5.11 Å². The number of rotatable bonds is 1. The van der Waals surface area contributed by atoms with Crippen molar-refractivity contribution >= 4 is 15.9 Å². The summed E-state index contributed by atoms with van der Waals surface area (Å²) in [6, 6.07) is 5.75. The number of ether oxygens (including phenoxy) is 1. The first-order chi connectivity index (χ1) is 6.77. The van der Waals surface area contributed by atoms with Crippen molar-refractivity contribution in [2.75, 3.05) is 19.8 Å². The van der Waals surface area contributed by atoms with Crippen LogP contribution in [-0.4, -0.2) is 24.9 Å². The van der Waals surface area contributed by atoms with Crippen LogP contribution in [0.15, 0.2) is 22.7 Å². The highest BCUT2D eigenvalue weighted by Crippen LogP contribution is 2.27. The van der Waals surface area contributed by atoms with E-state index in [0.29, 0.717) is 6.61 Å².